The average molecular weight is 209 g/mol. The molecule has 0 atom stereocenters. The molecule has 0 aromatic carbocycles. The number of amides is 1. The highest BCUT2D eigenvalue weighted by Gasteiger charge is 2.37. The number of likely N-dealkylation sites (tertiary alicyclic amines) is 1. The van der Waals surface area contributed by atoms with Gasteiger partial charge < -0.3 is 14.4 Å². The van der Waals surface area contributed by atoms with E-state index in [2.05, 4.69) is 0 Å². The first-order chi connectivity index (χ1) is 7.09. The molecule has 2 heterocycles. The summed E-state index contributed by atoms with van der Waals surface area (Å²) in [5.41, 5.74) is 0.777. The lowest BCUT2D eigenvalue weighted by atomic mass is 10.00. The minimum Gasteiger partial charge on any atom is -0.481 e. The van der Waals surface area contributed by atoms with Gasteiger partial charge in [0.15, 0.2) is 5.76 Å². The number of nitrogens with zero attached hydrogens (tertiary/aromatic N) is 1. The van der Waals surface area contributed by atoms with Gasteiger partial charge in [-0.2, -0.15) is 0 Å². The van der Waals surface area contributed by atoms with E-state index in [9.17, 15) is 9.59 Å². The molecule has 0 aliphatic carbocycles. The summed E-state index contributed by atoms with van der Waals surface area (Å²) < 4.78 is 5.04. The third-order valence-electron chi connectivity index (χ3n) is 2.57. The molecule has 15 heavy (non-hydrogen) atoms. The molecule has 0 spiro atoms. The molecule has 5 heteroatoms. The van der Waals surface area contributed by atoms with E-state index >= 15 is 0 Å². The summed E-state index contributed by atoms with van der Waals surface area (Å²) in [7, 11) is 0. The standard InChI is InChI=1S/C10H11NO4/c1-6-2-3-15-8(6)9(12)11-4-7(5-11)10(13)14/h2-3,7H,4-5H2,1H3,(H,13,14). The van der Waals surface area contributed by atoms with E-state index in [0.29, 0.717) is 5.76 Å². The molecule has 1 aliphatic heterocycles. The molecule has 80 valence electrons. The molecular weight excluding hydrogens is 198 g/mol. The Morgan fingerprint density at radius 2 is 2.20 bits per heavy atom. The van der Waals surface area contributed by atoms with Crippen molar-refractivity contribution in [2.75, 3.05) is 13.1 Å². The fourth-order valence-electron chi connectivity index (χ4n) is 1.54. The zero-order valence-corrected chi connectivity index (χ0v) is 8.27. The van der Waals surface area contributed by atoms with E-state index in [1.807, 2.05) is 0 Å². The van der Waals surface area contributed by atoms with Crippen molar-refractivity contribution in [2.24, 2.45) is 5.92 Å². The van der Waals surface area contributed by atoms with E-state index in [-0.39, 0.29) is 19.0 Å². The summed E-state index contributed by atoms with van der Waals surface area (Å²) in [6.45, 7) is 2.33. The van der Waals surface area contributed by atoms with Crippen LogP contribution in [-0.2, 0) is 4.79 Å². The van der Waals surface area contributed by atoms with Crippen LogP contribution >= 0.6 is 0 Å². The molecule has 0 radical (unpaired) electrons. The Morgan fingerprint density at radius 3 is 2.67 bits per heavy atom. The van der Waals surface area contributed by atoms with Gasteiger partial charge in [0.1, 0.15) is 0 Å². The molecule has 1 aromatic rings. The summed E-state index contributed by atoms with van der Waals surface area (Å²) in [5, 5.41) is 8.66. The smallest absolute Gasteiger partial charge is 0.310 e. The van der Waals surface area contributed by atoms with Crippen LogP contribution in [0.5, 0.6) is 0 Å². The monoisotopic (exact) mass is 209 g/mol. The maximum atomic E-state index is 11.7. The molecule has 2 rings (SSSR count). The van der Waals surface area contributed by atoms with Crippen LogP contribution in [0.4, 0.5) is 0 Å². The van der Waals surface area contributed by atoms with Crippen molar-refractivity contribution in [1.29, 1.82) is 0 Å². The van der Waals surface area contributed by atoms with Gasteiger partial charge >= 0.3 is 5.97 Å². The van der Waals surface area contributed by atoms with Crippen LogP contribution in [-0.4, -0.2) is 35.0 Å². The molecule has 0 bridgehead atoms. The Kier molecular flexibility index (Phi) is 2.22. The van der Waals surface area contributed by atoms with Crippen LogP contribution in [0.25, 0.3) is 0 Å². The van der Waals surface area contributed by atoms with Gasteiger partial charge in [-0.1, -0.05) is 0 Å². The predicted octanol–water partition coefficient (Wildman–Crippen LogP) is 0.745. The van der Waals surface area contributed by atoms with Crippen molar-refractivity contribution in [3.8, 4) is 0 Å². The van der Waals surface area contributed by atoms with E-state index in [1.165, 1.54) is 11.2 Å². The first-order valence-corrected chi connectivity index (χ1v) is 4.65. The summed E-state index contributed by atoms with van der Waals surface area (Å²) >= 11 is 0. The Morgan fingerprint density at radius 1 is 1.53 bits per heavy atom. The van der Waals surface area contributed by atoms with Crippen molar-refractivity contribution in [3.05, 3.63) is 23.7 Å². The first kappa shape index (κ1) is 9.76. The van der Waals surface area contributed by atoms with Gasteiger partial charge in [-0.05, 0) is 13.0 Å². The van der Waals surface area contributed by atoms with Gasteiger partial charge in [0, 0.05) is 18.7 Å². The number of carbonyl (C=O) groups is 2. The maximum Gasteiger partial charge on any atom is 0.310 e. The minimum atomic E-state index is -0.852. The van der Waals surface area contributed by atoms with Crippen LogP contribution in [0.2, 0.25) is 0 Å². The summed E-state index contributed by atoms with van der Waals surface area (Å²) in [5.74, 6) is -1.20. The third kappa shape index (κ3) is 1.60. The quantitative estimate of drug-likeness (QED) is 0.780. The van der Waals surface area contributed by atoms with Crippen LogP contribution in [0.1, 0.15) is 16.1 Å². The highest BCUT2D eigenvalue weighted by Crippen LogP contribution is 2.20. The lowest BCUT2D eigenvalue weighted by molar-refractivity contribution is -0.146. The van der Waals surface area contributed by atoms with Gasteiger partial charge in [0.05, 0.1) is 12.2 Å². The Balaban J connectivity index is 2.01. The van der Waals surface area contributed by atoms with Crippen LogP contribution in [0, 0.1) is 12.8 Å². The van der Waals surface area contributed by atoms with Crippen molar-refractivity contribution in [1.82, 2.24) is 4.90 Å². The van der Waals surface area contributed by atoms with E-state index < -0.39 is 11.9 Å². The van der Waals surface area contributed by atoms with E-state index in [4.69, 9.17) is 9.52 Å². The normalized spacial score (nSPS) is 16.2. The second-order valence-electron chi connectivity index (χ2n) is 3.68. The summed E-state index contributed by atoms with van der Waals surface area (Å²) in [6, 6.07) is 1.71. The number of hydrogen-bond donors (Lipinski definition) is 1. The largest absolute Gasteiger partial charge is 0.481 e. The maximum absolute atomic E-state index is 11.7. The third-order valence-corrected chi connectivity index (χ3v) is 2.57. The Bertz CT molecular complexity index is 403. The molecular formula is C10H11NO4. The number of aliphatic carboxylic acids is 1. The van der Waals surface area contributed by atoms with Gasteiger partial charge in [0.2, 0.25) is 0 Å². The van der Waals surface area contributed by atoms with Crippen LogP contribution in [0.3, 0.4) is 0 Å². The highest BCUT2D eigenvalue weighted by molar-refractivity contribution is 5.94. The molecule has 5 nitrogen and oxygen atoms in total. The van der Waals surface area contributed by atoms with Gasteiger partial charge in [-0.15, -0.1) is 0 Å². The fourth-order valence-corrected chi connectivity index (χ4v) is 1.54. The predicted molar refractivity (Wildman–Crippen MR) is 50.5 cm³/mol. The molecule has 0 unspecified atom stereocenters. The number of carboxylic acids is 1. The minimum absolute atomic E-state index is 0.227. The lowest BCUT2D eigenvalue weighted by Crippen LogP contribution is -2.53. The average Bonchev–Trinajstić information content (AvgIpc) is 2.47. The van der Waals surface area contributed by atoms with Crippen LogP contribution < -0.4 is 0 Å². The number of carboxylic acid groups (broad SMARTS) is 1. The number of carbonyl (C=O) groups excluding carboxylic acids is 1. The Hall–Kier alpha value is -1.78. The number of hydrogen-bond acceptors (Lipinski definition) is 3. The van der Waals surface area contributed by atoms with Gasteiger partial charge in [0.25, 0.3) is 5.91 Å². The fraction of sp³-hybridized carbons (Fsp3) is 0.400. The van der Waals surface area contributed by atoms with Gasteiger partial charge in [-0.3, -0.25) is 9.59 Å². The zero-order valence-electron chi connectivity index (χ0n) is 8.27. The first-order valence-electron chi connectivity index (χ1n) is 4.65. The van der Waals surface area contributed by atoms with E-state index in [0.717, 1.165) is 5.56 Å². The molecule has 1 aromatic heterocycles. The molecule has 1 N–H and O–H groups in total. The Labute approximate surface area is 86.3 Å². The van der Waals surface area contributed by atoms with Crippen molar-refractivity contribution in [3.63, 3.8) is 0 Å². The summed E-state index contributed by atoms with van der Waals surface area (Å²) in [6.07, 6.45) is 1.46. The number of furan rings is 1. The molecule has 1 aliphatic rings. The highest BCUT2D eigenvalue weighted by atomic mass is 16.4. The van der Waals surface area contributed by atoms with E-state index in [1.54, 1.807) is 13.0 Å². The molecule has 1 saturated heterocycles. The second-order valence-corrected chi connectivity index (χ2v) is 3.68. The van der Waals surface area contributed by atoms with Crippen LogP contribution in [0.15, 0.2) is 16.7 Å². The van der Waals surface area contributed by atoms with Crippen molar-refractivity contribution >= 4 is 11.9 Å². The molecule has 1 fully saturated rings. The molecule has 1 amide bonds. The van der Waals surface area contributed by atoms with Crippen molar-refractivity contribution < 1.29 is 19.1 Å². The topological polar surface area (TPSA) is 70.8 Å². The number of rotatable bonds is 2. The zero-order chi connectivity index (χ0) is 11.0. The second kappa shape index (κ2) is 3.42. The van der Waals surface area contributed by atoms with Gasteiger partial charge in [-0.25, -0.2) is 0 Å². The SMILES string of the molecule is Cc1ccoc1C(=O)N1CC(C(=O)O)C1. The number of aryl methyl sites for hydroxylation is 1. The summed E-state index contributed by atoms with van der Waals surface area (Å²) in [4.78, 5) is 23.7. The molecule has 0 saturated carbocycles. The van der Waals surface area contributed by atoms with Crippen molar-refractivity contribution in [2.45, 2.75) is 6.92 Å². The lowest BCUT2D eigenvalue weighted by Gasteiger charge is -2.36.